The third-order valence-corrected chi connectivity index (χ3v) is 6.71. The van der Waals surface area contributed by atoms with Gasteiger partial charge in [-0.2, -0.15) is 0 Å². The fourth-order valence-electron chi connectivity index (χ4n) is 4.96. The number of carbonyl (C=O) groups excluding carboxylic acids is 1. The van der Waals surface area contributed by atoms with E-state index in [-0.39, 0.29) is 11.9 Å². The number of nitrogens with zero attached hydrogens (tertiary/aromatic N) is 2. The molecule has 0 aliphatic carbocycles. The summed E-state index contributed by atoms with van der Waals surface area (Å²) in [5.74, 6) is -0.279. The van der Waals surface area contributed by atoms with Gasteiger partial charge in [-0.25, -0.2) is 9.37 Å². The molecule has 0 spiro atoms. The van der Waals surface area contributed by atoms with Gasteiger partial charge in [-0.05, 0) is 73.6 Å². The third kappa shape index (κ3) is 3.69. The smallest absolute Gasteiger partial charge is 0.254 e. The first-order valence-corrected chi connectivity index (χ1v) is 11.2. The highest BCUT2D eigenvalue weighted by Crippen LogP contribution is 2.37. The lowest BCUT2D eigenvalue weighted by Crippen LogP contribution is -2.47. The summed E-state index contributed by atoms with van der Waals surface area (Å²) < 4.78 is 14.1. The Morgan fingerprint density at radius 2 is 2.09 bits per heavy atom. The molecule has 168 valence electrons. The molecule has 4 heterocycles. The third-order valence-electron chi connectivity index (χ3n) is 6.71. The van der Waals surface area contributed by atoms with Crippen molar-refractivity contribution in [3.63, 3.8) is 0 Å². The summed E-state index contributed by atoms with van der Waals surface area (Å²) in [5, 5.41) is 14.6. The van der Waals surface area contributed by atoms with Gasteiger partial charge in [0.25, 0.3) is 5.91 Å². The van der Waals surface area contributed by atoms with Gasteiger partial charge in [-0.3, -0.25) is 4.79 Å². The fourth-order valence-corrected chi connectivity index (χ4v) is 4.96. The Bertz CT molecular complexity index is 1200. The van der Waals surface area contributed by atoms with Crippen molar-refractivity contribution in [1.29, 1.82) is 0 Å². The Kier molecular flexibility index (Phi) is 5.06. The van der Waals surface area contributed by atoms with Crippen LogP contribution in [0.5, 0.6) is 0 Å². The second-order valence-corrected chi connectivity index (χ2v) is 9.62. The van der Waals surface area contributed by atoms with E-state index >= 15 is 0 Å². The number of aliphatic hydroxyl groups is 1. The van der Waals surface area contributed by atoms with Gasteiger partial charge < -0.3 is 20.3 Å². The molecule has 3 aromatic rings. The number of amides is 1. The number of hydrogen-bond acceptors (Lipinski definition) is 4. The Balaban J connectivity index is 1.59. The number of benzene rings is 1. The van der Waals surface area contributed by atoms with Crippen molar-refractivity contribution in [3.8, 4) is 11.1 Å². The molecule has 1 amide bonds. The monoisotopic (exact) mass is 436 g/mol. The molecule has 2 aliphatic heterocycles. The molecule has 1 fully saturated rings. The number of carbonyl (C=O) groups is 1. The highest BCUT2D eigenvalue weighted by molar-refractivity contribution is 5.85. The zero-order chi connectivity index (χ0) is 22.6. The van der Waals surface area contributed by atoms with E-state index in [2.05, 4.69) is 40.4 Å². The molecule has 2 aliphatic rings. The van der Waals surface area contributed by atoms with E-state index in [0.717, 1.165) is 38.9 Å². The lowest BCUT2D eigenvalue weighted by atomic mass is 9.86. The van der Waals surface area contributed by atoms with Crippen molar-refractivity contribution in [3.05, 3.63) is 52.8 Å². The second-order valence-electron chi connectivity index (χ2n) is 9.62. The maximum Gasteiger partial charge on any atom is 0.254 e. The predicted octanol–water partition coefficient (Wildman–Crippen LogP) is 3.57. The van der Waals surface area contributed by atoms with Gasteiger partial charge in [0.05, 0.1) is 0 Å². The minimum Gasteiger partial charge on any atom is -0.381 e. The quantitative estimate of drug-likeness (QED) is 0.586. The van der Waals surface area contributed by atoms with Gasteiger partial charge in [-0.15, -0.1) is 0 Å². The van der Waals surface area contributed by atoms with Crippen molar-refractivity contribution < 1.29 is 14.3 Å². The molecule has 5 rings (SSSR count). The average molecular weight is 437 g/mol. The normalized spacial score (nSPS) is 21.2. The number of alkyl halides is 1. The van der Waals surface area contributed by atoms with E-state index in [4.69, 9.17) is 0 Å². The zero-order valence-electron chi connectivity index (χ0n) is 18.7. The van der Waals surface area contributed by atoms with Crippen LogP contribution in [0.4, 0.5) is 4.39 Å². The Morgan fingerprint density at radius 3 is 2.81 bits per heavy atom. The molecule has 0 radical (unpaired) electrons. The van der Waals surface area contributed by atoms with Crippen LogP contribution in [0.1, 0.15) is 48.6 Å². The van der Waals surface area contributed by atoms with E-state index < -0.39 is 11.8 Å². The highest BCUT2D eigenvalue weighted by atomic mass is 19.1. The SMILES string of the molecule is Cc1c[nH]c2ncc(-c3cc4c(c([C@@H]5CC(F)CN5)c3)CN(C(=O)C(C)(C)O)CC4)cc12. The maximum absolute atomic E-state index is 14.1. The number of pyridine rings is 1. The van der Waals surface area contributed by atoms with Crippen molar-refractivity contribution >= 4 is 16.9 Å². The maximum atomic E-state index is 14.1. The van der Waals surface area contributed by atoms with E-state index in [1.165, 1.54) is 19.4 Å². The Labute approximate surface area is 186 Å². The summed E-state index contributed by atoms with van der Waals surface area (Å²) in [6.07, 6.45) is 4.07. The van der Waals surface area contributed by atoms with Crippen LogP contribution < -0.4 is 5.32 Å². The van der Waals surface area contributed by atoms with Crippen LogP contribution in [0.2, 0.25) is 0 Å². The lowest BCUT2D eigenvalue weighted by molar-refractivity contribution is -0.148. The summed E-state index contributed by atoms with van der Waals surface area (Å²) in [7, 11) is 0. The summed E-state index contributed by atoms with van der Waals surface area (Å²) in [5.41, 5.74) is 5.95. The fraction of sp³-hybridized carbons (Fsp3) is 0.440. The molecule has 2 atom stereocenters. The van der Waals surface area contributed by atoms with Gasteiger partial charge in [-0.1, -0.05) is 6.07 Å². The number of halogens is 1. The second kappa shape index (κ2) is 7.67. The molecule has 0 bridgehead atoms. The number of aromatic amines is 1. The number of aryl methyl sites for hydroxylation is 1. The van der Waals surface area contributed by atoms with Crippen LogP contribution in [0.15, 0.2) is 30.6 Å². The molecule has 3 N–H and O–H groups in total. The van der Waals surface area contributed by atoms with Crippen molar-refractivity contribution in [2.45, 2.75) is 58.0 Å². The summed E-state index contributed by atoms with van der Waals surface area (Å²) in [6, 6.07) is 6.35. The Morgan fingerprint density at radius 1 is 1.28 bits per heavy atom. The average Bonchev–Trinajstić information content (AvgIpc) is 3.36. The molecular weight excluding hydrogens is 407 g/mol. The number of aromatic nitrogens is 2. The highest BCUT2D eigenvalue weighted by Gasteiger charge is 2.34. The molecule has 32 heavy (non-hydrogen) atoms. The van der Waals surface area contributed by atoms with Crippen LogP contribution in [0.3, 0.4) is 0 Å². The zero-order valence-corrected chi connectivity index (χ0v) is 18.7. The number of nitrogens with one attached hydrogen (secondary N) is 2. The van der Waals surface area contributed by atoms with E-state index in [1.807, 2.05) is 12.4 Å². The van der Waals surface area contributed by atoms with Crippen molar-refractivity contribution in [2.75, 3.05) is 13.1 Å². The van der Waals surface area contributed by atoms with E-state index in [0.29, 0.717) is 32.5 Å². The van der Waals surface area contributed by atoms with Crippen LogP contribution in [-0.2, 0) is 17.8 Å². The number of H-pyrrole nitrogens is 1. The van der Waals surface area contributed by atoms with Gasteiger partial charge >= 0.3 is 0 Å². The minimum atomic E-state index is -1.41. The molecular formula is C25H29FN4O2. The molecule has 6 nitrogen and oxygen atoms in total. The summed E-state index contributed by atoms with van der Waals surface area (Å²) >= 11 is 0. The summed E-state index contributed by atoms with van der Waals surface area (Å²) in [4.78, 5) is 22.2. The standard InChI is InChI=1S/C25H29FN4O2/c1-14-10-28-23-19(14)8-17(11-29-23)16-6-15-4-5-30(24(31)25(2,3)32)13-21(15)20(7-16)22-9-18(26)12-27-22/h6-8,10-11,18,22,27,32H,4-5,9,12-13H2,1-3H3,(H,28,29)/t18?,22-/m0/s1. The molecule has 1 saturated heterocycles. The van der Waals surface area contributed by atoms with Crippen LogP contribution in [0.25, 0.3) is 22.2 Å². The van der Waals surface area contributed by atoms with Crippen LogP contribution in [-0.4, -0.2) is 50.7 Å². The summed E-state index contributed by atoms with van der Waals surface area (Å²) in [6.45, 7) is 6.42. The first-order valence-electron chi connectivity index (χ1n) is 11.2. The topological polar surface area (TPSA) is 81.2 Å². The van der Waals surface area contributed by atoms with Crippen molar-refractivity contribution in [2.24, 2.45) is 0 Å². The molecule has 1 aromatic carbocycles. The van der Waals surface area contributed by atoms with Gasteiger partial charge in [0.1, 0.15) is 17.4 Å². The Hall–Kier alpha value is -2.77. The van der Waals surface area contributed by atoms with E-state index in [9.17, 15) is 14.3 Å². The van der Waals surface area contributed by atoms with E-state index in [1.54, 1.807) is 4.90 Å². The number of rotatable bonds is 3. The first kappa shape index (κ1) is 21.1. The molecule has 0 saturated carbocycles. The van der Waals surface area contributed by atoms with Crippen molar-refractivity contribution in [1.82, 2.24) is 20.2 Å². The van der Waals surface area contributed by atoms with Crippen LogP contribution in [0, 0.1) is 6.92 Å². The van der Waals surface area contributed by atoms with Crippen LogP contribution >= 0.6 is 0 Å². The molecule has 2 aromatic heterocycles. The lowest BCUT2D eigenvalue weighted by Gasteiger charge is -2.35. The minimum absolute atomic E-state index is 0.0958. The molecule has 7 heteroatoms. The first-order chi connectivity index (χ1) is 15.2. The number of hydrogen-bond donors (Lipinski definition) is 3. The van der Waals surface area contributed by atoms with Gasteiger partial charge in [0, 0.05) is 49.0 Å². The largest absolute Gasteiger partial charge is 0.381 e. The van der Waals surface area contributed by atoms with Gasteiger partial charge in [0.2, 0.25) is 0 Å². The number of fused-ring (bicyclic) bond motifs is 2. The van der Waals surface area contributed by atoms with Gasteiger partial charge in [0.15, 0.2) is 0 Å². The molecule has 1 unspecified atom stereocenters. The predicted molar refractivity (Wildman–Crippen MR) is 122 cm³/mol.